The van der Waals surface area contributed by atoms with Crippen LogP contribution >= 0.6 is 0 Å². The van der Waals surface area contributed by atoms with E-state index in [-0.39, 0.29) is 11.5 Å². The molecule has 0 aromatic carbocycles. The zero-order valence-electron chi connectivity index (χ0n) is 13.6. The summed E-state index contributed by atoms with van der Waals surface area (Å²) in [5.41, 5.74) is -0.0995. The highest BCUT2D eigenvalue weighted by Gasteiger charge is 2.21. The number of hydrogen-bond donors (Lipinski definition) is 1. The first-order chi connectivity index (χ1) is 9.99. The Morgan fingerprint density at radius 1 is 1.29 bits per heavy atom. The largest absolute Gasteiger partial charge is 0.474 e. The van der Waals surface area contributed by atoms with Gasteiger partial charge in [0.1, 0.15) is 17.7 Å². The summed E-state index contributed by atoms with van der Waals surface area (Å²) in [6.07, 6.45) is 3.10. The molecule has 0 unspecified atom stereocenters. The standard InChI is InChI=1S/C16H27N3O2/c1-5-8-17-13-11-14(19-15(18-13)16(2,3)4)21-12-6-9-20-10-7-12/h11-12H,5-10H2,1-4H3,(H,17,18,19). The van der Waals surface area contributed by atoms with Crippen molar-refractivity contribution in [2.24, 2.45) is 0 Å². The van der Waals surface area contributed by atoms with Gasteiger partial charge in [-0.2, -0.15) is 4.98 Å². The van der Waals surface area contributed by atoms with Crippen molar-refractivity contribution in [3.05, 3.63) is 11.9 Å². The Morgan fingerprint density at radius 3 is 2.62 bits per heavy atom. The molecule has 1 N–H and O–H groups in total. The first kappa shape index (κ1) is 16.0. The van der Waals surface area contributed by atoms with Gasteiger partial charge in [0.15, 0.2) is 0 Å². The van der Waals surface area contributed by atoms with Crippen molar-refractivity contribution in [3.63, 3.8) is 0 Å². The van der Waals surface area contributed by atoms with Crippen molar-refractivity contribution < 1.29 is 9.47 Å². The van der Waals surface area contributed by atoms with Crippen molar-refractivity contribution in [1.29, 1.82) is 0 Å². The molecule has 5 nitrogen and oxygen atoms in total. The monoisotopic (exact) mass is 293 g/mol. The molecule has 0 atom stereocenters. The fourth-order valence-electron chi connectivity index (χ4n) is 2.13. The molecule has 5 heteroatoms. The van der Waals surface area contributed by atoms with Gasteiger partial charge in [-0.15, -0.1) is 0 Å². The molecule has 2 heterocycles. The summed E-state index contributed by atoms with van der Waals surface area (Å²) in [7, 11) is 0. The number of nitrogens with zero attached hydrogens (tertiary/aromatic N) is 2. The van der Waals surface area contributed by atoms with E-state index in [2.05, 4.69) is 43.0 Å². The van der Waals surface area contributed by atoms with Gasteiger partial charge < -0.3 is 14.8 Å². The molecule has 118 valence electrons. The van der Waals surface area contributed by atoms with Gasteiger partial charge in [0.05, 0.1) is 13.2 Å². The maximum absolute atomic E-state index is 6.04. The zero-order chi connectivity index (χ0) is 15.3. The van der Waals surface area contributed by atoms with E-state index in [4.69, 9.17) is 9.47 Å². The van der Waals surface area contributed by atoms with Crippen LogP contribution < -0.4 is 10.1 Å². The van der Waals surface area contributed by atoms with E-state index in [9.17, 15) is 0 Å². The average Bonchev–Trinajstić information content (AvgIpc) is 2.45. The topological polar surface area (TPSA) is 56.3 Å². The lowest BCUT2D eigenvalue weighted by Crippen LogP contribution is -2.27. The smallest absolute Gasteiger partial charge is 0.219 e. The minimum Gasteiger partial charge on any atom is -0.474 e. The number of anilines is 1. The van der Waals surface area contributed by atoms with Crippen LogP contribution in [0.1, 0.15) is 52.8 Å². The fraction of sp³-hybridized carbons (Fsp3) is 0.750. The minimum atomic E-state index is -0.0995. The summed E-state index contributed by atoms with van der Waals surface area (Å²) in [5, 5.41) is 3.33. The van der Waals surface area contributed by atoms with Crippen molar-refractivity contribution in [2.75, 3.05) is 25.1 Å². The molecule has 2 rings (SSSR count). The third-order valence-electron chi connectivity index (χ3n) is 3.39. The lowest BCUT2D eigenvalue weighted by Gasteiger charge is -2.24. The van der Waals surface area contributed by atoms with E-state index in [0.717, 1.165) is 50.7 Å². The Morgan fingerprint density at radius 2 is 2.00 bits per heavy atom. The van der Waals surface area contributed by atoms with Crippen LogP contribution in [0.15, 0.2) is 6.07 Å². The normalized spacial score (nSPS) is 16.8. The van der Waals surface area contributed by atoms with Crippen molar-refractivity contribution >= 4 is 5.82 Å². The molecule has 0 aliphatic carbocycles. The van der Waals surface area contributed by atoms with Crippen LogP contribution in [-0.2, 0) is 10.2 Å². The predicted molar refractivity (Wildman–Crippen MR) is 84.0 cm³/mol. The van der Waals surface area contributed by atoms with E-state index in [1.165, 1.54) is 0 Å². The van der Waals surface area contributed by atoms with Gasteiger partial charge in [0.25, 0.3) is 0 Å². The molecule has 0 saturated carbocycles. The van der Waals surface area contributed by atoms with Crippen LogP contribution in [0, 0.1) is 0 Å². The van der Waals surface area contributed by atoms with Crippen LogP contribution in [0.4, 0.5) is 5.82 Å². The Balaban J connectivity index is 2.17. The van der Waals surface area contributed by atoms with Gasteiger partial charge in [-0.1, -0.05) is 27.7 Å². The summed E-state index contributed by atoms with van der Waals surface area (Å²) in [6, 6.07) is 1.90. The maximum Gasteiger partial charge on any atom is 0.219 e. The lowest BCUT2D eigenvalue weighted by molar-refractivity contribution is 0.0235. The summed E-state index contributed by atoms with van der Waals surface area (Å²) < 4.78 is 11.4. The fourth-order valence-corrected chi connectivity index (χ4v) is 2.13. The number of hydrogen-bond acceptors (Lipinski definition) is 5. The van der Waals surface area contributed by atoms with E-state index in [1.807, 2.05) is 6.07 Å². The van der Waals surface area contributed by atoms with Gasteiger partial charge in [-0.05, 0) is 6.42 Å². The van der Waals surface area contributed by atoms with E-state index in [1.54, 1.807) is 0 Å². The summed E-state index contributed by atoms with van der Waals surface area (Å²) >= 11 is 0. The molecule has 1 aliphatic heterocycles. The maximum atomic E-state index is 6.04. The first-order valence-electron chi connectivity index (χ1n) is 7.87. The molecule has 0 radical (unpaired) electrons. The minimum absolute atomic E-state index is 0.0995. The Kier molecular flexibility index (Phi) is 5.39. The van der Waals surface area contributed by atoms with Gasteiger partial charge >= 0.3 is 0 Å². The van der Waals surface area contributed by atoms with Crippen molar-refractivity contribution in [2.45, 2.75) is 58.5 Å². The molecular formula is C16H27N3O2. The number of ether oxygens (including phenoxy) is 2. The molecular weight excluding hydrogens is 266 g/mol. The average molecular weight is 293 g/mol. The van der Waals surface area contributed by atoms with E-state index >= 15 is 0 Å². The SMILES string of the molecule is CCCNc1cc(OC2CCOCC2)nc(C(C)(C)C)n1. The number of aromatic nitrogens is 2. The Labute approximate surface area is 127 Å². The zero-order valence-corrected chi connectivity index (χ0v) is 13.6. The van der Waals surface area contributed by atoms with E-state index in [0.29, 0.717) is 5.88 Å². The molecule has 1 aromatic rings. The second-order valence-corrected chi connectivity index (χ2v) is 6.52. The Bertz CT molecular complexity index is 451. The number of nitrogens with one attached hydrogen (secondary N) is 1. The van der Waals surface area contributed by atoms with Gasteiger partial charge in [0, 0.05) is 30.9 Å². The quantitative estimate of drug-likeness (QED) is 0.903. The van der Waals surface area contributed by atoms with Crippen molar-refractivity contribution in [1.82, 2.24) is 9.97 Å². The molecule has 1 saturated heterocycles. The number of rotatable bonds is 5. The Hall–Kier alpha value is -1.36. The third kappa shape index (κ3) is 4.84. The molecule has 0 spiro atoms. The predicted octanol–water partition coefficient (Wildman–Crippen LogP) is 3.15. The van der Waals surface area contributed by atoms with Crippen LogP contribution in [0.5, 0.6) is 5.88 Å². The third-order valence-corrected chi connectivity index (χ3v) is 3.39. The second kappa shape index (κ2) is 7.07. The van der Waals surface area contributed by atoms with E-state index < -0.39 is 0 Å². The summed E-state index contributed by atoms with van der Waals surface area (Å²) in [6.45, 7) is 10.9. The highest BCUT2D eigenvalue weighted by molar-refractivity contribution is 5.39. The first-order valence-corrected chi connectivity index (χ1v) is 7.87. The summed E-state index contributed by atoms with van der Waals surface area (Å²) in [4.78, 5) is 9.20. The second-order valence-electron chi connectivity index (χ2n) is 6.52. The van der Waals surface area contributed by atoms with Crippen LogP contribution in [-0.4, -0.2) is 35.8 Å². The highest BCUT2D eigenvalue weighted by Crippen LogP contribution is 2.25. The summed E-state index contributed by atoms with van der Waals surface area (Å²) in [5.74, 6) is 2.32. The molecule has 0 bridgehead atoms. The van der Waals surface area contributed by atoms with Crippen LogP contribution in [0.25, 0.3) is 0 Å². The van der Waals surface area contributed by atoms with Gasteiger partial charge in [-0.25, -0.2) is 4.98 Å². The van der Waals surface area contributed by atoms with Crippen LogP contribution in [0.2, 0.25) is 0 Å². The molecule has 1 aliphatic rings. The van der Waals surface area contributed by atoms with Gasteiger partial charge in [0.2, 0.25) is 5.88 Å². The lowest BCUT2D eigenvalue weighted by atomic mass is 9.96. The molecule has 21 heavy (non-hydrogen) atoms. The van der Waals surface area contributed by atoms with Crippen LogP contribution in [0.3, 0.4) is 0 Å². The van der Waals surface area contributed by atoms with Gasteiger partial charge in [-0.3, -0.25) is 0 Å². The highest BCUT2D eigenvalue weighted by atomic mass is 16.5. The molecule has 1 aromatic heterocycles. The van der Waals surface area contributed by atoms with Crippen molar-refractivity contribution in [3.8, 4) is 5.88 Å². The molecule has 0 amide bonds. The molecule has 1 fully saturated rings.